The maximum Gasteiger partial charge on any atom is 0.285 e. The molecule has 2 rings (SSSR count). The summed E-state index contributed by atoms with van der Waals surface area (Å²) in [5.41, 5.74) is 2.00. The van der Waals surface area contributed by atoms with Crippen LogP contribution in [-0.4, -0.2) is 39.5 Å². The van der Waals surface area contributed by atoms with E-state index < -0.39 is 11.7 Å². The molecule has 0 saturated carbocycles. The molecule has 2 aromatic rings. The molecular formula is C18H22N4O2. The minimum atomic E-state index is -0.752. The van der Waals surface area contributed by atoms with Crippen molar-refractivity contribution < 1.29 is 5.11 Å². The number of aliphatic hydroxyl groups excluding tert-OH is 1. The normalized spacial score (nSPS) is 12.2. The fourth-order valence-corrected chi connectivity index (χ4v) is 2.60. The van der Waals surface area contributed by atoms with Gasteiger partial charge in [0.1, 0.15) is 11.6 Å². The third-order valence-corrected chi connectivity index (χ3v) is 3.95. The second-order valence-electron chi connectivity index (χ2n) is 6.02. The molecule has 1 aromatic carbocycles. The highest BCUT2D eigenvalue weighted by atomic mass is 16.3. The van der Waals surface area contributed by atoms with E-state index in [1.54, 1.807) is 13.8 Å². The molecule has 1 atom stereocenters. The van der Waals surface area contributed by atoms with Crippen LogP contribution in [0.1, 0.15) is 22.4 Å². The third-order valence-electron chi connectivity index (χ3n) is 3.95. The van der Waals surface area contributed by atoms with Gasteiger partial charge in [0.05, 0.1) is 18.3 Å². The predicted molar refractivity (Wildman–Crippen MR) is 91.5 cm³/mol. The number of aromatic nitrogens is 2. The van der Waals surface area contributed by atoms with Crippen molar-refractivity contribution in [1.82, 2.24) is 14.7 Å². The Morgan fingerprint density at radius 2 is 2.00 bits per heavy atom. The van der Waals surface area contributed by atoms with Gasteiger partial charge in [0, 0.05) is 13.1 Å². The Bertz CT molecular complexity index is 793. The summed E-state index contributed by atoms with van der Waals surface area (Å²) >= 11 is 0. The summed E-state index contributed by atoms with van der Waals surface area (Å²) in [6.45, 7) is 4.62. The summed E-state index contributed by atoms with van der Waals surface area (Å²) in [5, 5.41) is 23.6. The Morgan fingerprint density at radius 3 is 2.62 bits per heavy atom. The largest absolute Gasteiger partial charge is 0.390 e. The van der Waals surface area contributed by atoms with Gasteiger partial charge >= 0.3 is 0 Å². The topological polar surface area (TPSA) is 82.2 Å². The van der Waals surface area contributed by atoms with Crippen LogP contribution in [0.25, 0.3) is 0 Å². The Hall–Kier alpha value is -2.49. The smallest absolute Gasteiger partial charge is 0.285 e. The number of hydrogen-bond acceptors (Lipinski definition) is 5. The molecule has 1 aromatic heterocycles. The Morgan fingerprint density at radius 1 is 1.33 bits per heavy atom. The standard InChI is InChI=1S/C18H22N4O2/c1-13-14(2)20-22(18(24)17(13)9-19)12-16(23)11-21(3)10-15-7-5-4-6-8-15/h4-8,16,23H,10-12H2,1-3H3. The number of rotatable bonds is 6. The van der Waals surface area contributed by atoms with Gasteiger partial charge in [0.15, 0.2) is 0 Å². The molecule has 1 N–H and O–H groups in total. The van der Waals surface area contributed by atoms with E-state index >= 15 is 0 Å². The van der Waals surface area contributed by atoms with Crippen LogP contribution in [0.5, 0.6) is 0 Å². The Labute approximate surface area is 141 Å². The number of benzene rings is 1. The van der Waals surface area contributed by atoms with Crippen LogP contribution >= 0.6 is 0 Å². The van der Waals surface area contributed by atoms with Gasteiger partial charge in [0.2, 0.25) is 0 Å². The monoisotopic (exact) mass is 326 g/mol. The lowest BCUT2D eigenvalue weighted by molar-refractivity contribution is 0.102. The highest BCUT2D eigenvalue weighted by molar-refractivity contribution is 5.36. The zero-order valence-corrected chi connectivity index (χ0v) is 14.2. The molecule has 0 radical (unpaired) electrons. The molecule has 126 valence electrons. The van der Waals surface area contributed by atoms with Gasteiger partial charge in [-0.05, 0) is 32.0 Å². The molecule has 0 spiro atoms. The molecule has 1 heterocycles. The first-order valence-corrected chi connectivity index (χ1v) is 7.81. The second-order valence-corrected chi connectivity index (χ2v) is 6.02. The Kier molecular flexibility index (Phi) is 5.85. The highest BCUT2D eigenvalue weighted by Gasteiger charge is 2.15. The van der Waals surface area contributed by atoms with E-state index in [9.17, 15) is 9.90 Å². The number of likely N-dealkylation sites (N-methyl/N-ethyl adjacent to an activating group) is 1. The molecular weight excluding hydrogens is 304 g/mol. The predicted octanol–water partition coefficient (Wildman–Crippen LogP) is 1.22. The number of hydrogen-bond donors (Lipinski definition) is 1. The zero-order valence-electron chi connectivity index (χ0n) is 14.2. The van der Waals surface area contributed by atoms with E-state index in [4.69, 9.17) is 5.26 Å². The fraction of sp³-hybridized carbons (Fsp3) is 0.389. The van der Waals surface area contributed by atoms with E-state index in [1.807, 2.05) is 48.3 Å². The van der Waals surface area contributed by atoms with Crippen molar-refractivity contribution in [2.75, 3.05) is 13.6 Å². The van der Waals surface area contributed by atoms with E-state index in [-0.39, 0.29) is 12.1 Å². The summed E-state index contributed by atoms with van der Waals surface area (Å²) < 4.78 is 1.18. The molecule has 0 bridgehead atoms. The van der Waals surface area contributed by atoms with Crippen LogP contribution in [0.2, 0.25) is 0 Å². The molecule has 1 unspecified atom stereocenters. The number of aryl methyl sites for hydroxylation is 1. The number of nitriles is 1. The third kappa shape index (κ3) is 4.28. The van der Waals surface area contributed by atoms with E-state index in [0.717, 1.165) is 5.56 Å². The van der Waals surface area contributed by atoms with Gasteiger partial charge in [-0.15, -0.1) is 0 Å². The minimum Gasteiger partial charge on any atom is -0.390 e. The summed E-state index contributed by atoms with van der Waals surface area (Å²) in [5.74, 6) is 0. The molecule has 24 heavy (non-hydrogen) atoms. The average Bonchev–Trinajstić information content (AvgIpc) is 2.54. The molecule has 0 amide bonds. The van der Waals surface area contributed by atoms with Gasteiger partial charge in [-0.3, -0.25) is 9.69 Å². The number of nitrogens with zero attached hydrogens (tertiary/aromatic N) is 4. The molecule has 0 aliphatic carbocycles. The maximum absolute atomic E-state index is 12.2. The SMILES string of the molecule is Cc1nn(CC(O)CN(C)Cc2ccccc2)c(=O)c(C#N)c1C. The molecule has 0 fully saturated rings. The molecule has 0 aliphatic rings. The van der Waals surface area contributed by atoms with Crippen molar-refractivity contribution in [3.05, 3.63) is 63.1 Å². The highest BCUT2D eigenvalue weighted by Crippen LogP contribution is 2.06. The Balaban J connectivity index is 2.05. The first-order valence-electron chi connectivity index (χ1n) is 7.81. The van der Waals surface area contributed by atoms with Crippen LogP contribution in [0, 0.1) is 25.2 Å². The zero-order chi connectivity index (χ0) is 17.7. The van der Waals surface area contributed by atoms with Crippen LogP contribution in [-0.2, 0) is 13.1 Å². The van der Waals surface area contributed by atoms with Gasteiger partial charge in [-0.25, -0.2) is 4.68 Å². The van der Waals surface area contributed by atoms with Crippen molar-refractivity contribution in [3.63, 3.8) is 0 Å². The quantitative estimate of drug-likeness (QED) is 0.863. The van der Waals surface area contributed by atoms with E-state index in [1.165, 1.54) is 4.68 Å². The summed E-state index contributed by atoms with van der Waals surface area (Å²) in [7, 11) is 1.91. The van der Waals surface area contributed by atoms with Crippen LogP contribution < -0.4 is 5.56 Å². The lowest BCUT2D eigenvalue weighted by atomic mass is 10.1. The summed E-state index contributed by atoms with van der Waals surface area (Å²) in [6, 6.07) is 11.9. The molecule has 0 saturated heterocycles. The van der Waals surface area contributed by atoms with Gasteiger partial charge in [-0.1, -0.05) is 30.3 Å². The molecule has 0 aliphatic heterocycles. The molecule has 6 nitrogen and oxygen atoms in total. The van der Waals surface area contributed by atoms with Crippen molar-refractivity contribution in [3.8, 4) is 6.07 Å². The van der Waals surface area contributed by atoms with Gasteiger partial charge in [-0.2, -0.15) is 10.4 Å². The lowest BCUT2D eigenvalue weighted by Gasteiger charge is -2.21. The van der Waals surface area contributed by atoms with Crippen LogP contribution in [0.4, 0.5) is 0 Å². The summed E-state index contributed by atoms with van der Waals surface area (Å²) in [4.78, 5) is 14.2. The first-order chi connectivity index (χ1) is 11.4. The van der Waals surface area contributed by atoms with Crippen LogP contribution in [0.3, 0.4) is 0 Å². The van der Waals surface area contributed by atoms with Crippen LogP contribution in [0.15, 0.2) is 35.1 Å². The van der Waals surface area contributed by atoms with Gasteiger partial charge in [0.25, 0.3) is 5.56 Å². The average molecular weight is 326 g/mol. The minimum absolute atomic E-state index is 0.0633. The second kappa shape index (κ2) is 7.86. The van der Waals surface area contributed by atoms with Gasteiger partial charge < -0.3 is 5.11 Å². The van der Waals surface area contributed by atoms with Crippen molar-refractivity contribution in [1.29, 1.82) is 5.26 Å². The first kappa shape index (κ1) is 17.9. The number of aliphatic hydroxyl groups is 1. The van der Waals surface area contributed by atoms with Crippen molar-refractivity contribution in [2.45, 2.75) is 33.0 Å². The van der Waals surface area contributed by atoms with E-state index in [0.29, 0.717) is 24.3 Å². The summed E-state index contributed by atoms with van der Waals surface area (Å²) in [6.07, 6.45) is -0.752. The van der Waals surface area contributed by atoms with Crippen molar-refractivity contribution >= 4 is 0 Å². The maximum atomic E-state index is 12.2. The van der Waals surface area contributed by atoms with E-state index in [2.05, 4.69) is 5.10 Å². The van der Waals surface area contributed by atoms with Crippen molar-refractivity contribution in [2.24, 2.45) is 0 Å². The lowest BCUT2D eigenvalue weighted by Crippen LogP contribution is -2.37. The molecule has 6 heteroatoms. The fourth-order valence-electron chi connectivity index (χ4n) is 2.60.